The van der Waals surface area contributed by atoms with Crippen molar-refractivity contribution in [2.75, 3.05) is 31.6 Å². The predicted octanol–water partition coefficient (Wildman–Crippen LogP) is 2.83. The molecule has 0 aliphatic carbocycles. The molecule has 2 N–H and O–H groups in total. The van der Waals surface area contributed by atoms with Crippen molar-refractivity contribution in [1.82, 2.24) is 10.2 Å². The molecule has 1 fully saturated rings. The number of anilines is 1. The molecule has 0 unspecified atom stereocenters. The highest BCUT2D eigenvalue weighted by Gasteiger charge is 2.27. The van der Waals surface area contributed by atoms with Crippen LogP contribution >= 0.6 is 0 Å². The van der Waals surface area contributed by atoms with Gasteiger partial charge in [0, 0.05) is 30.9 Å². The van der Waals surface area contributed by atoms with Crippen LogP contribution in [-0.4, -0.2) is 48.9 Å². The summed E-state index contributed by atoms with van der Waals surface area (Å²) in [5.41, 5.74) is 2.27. The maximum atomic E-state index is 12.5. The molecule has 0 bridgehead atoms. The van der Waals surface area contributed by atoms with E-state index >= 15 is 0 Å². The van der Waals surface area contributed by atoms with Crippen LogP contribution in [0.25, 0.3) is 0 Å². The highest BCUT2D eigenvalue weighted by molar-refractivity contribution is 5.95. The normalized spacial score (nSPS) is 14.0. The summed E-state index contributed by atoms with van der Waals surface area (Å²) >= 11 is 0. The first-order valence-corrected chi connectivity index (χ1v) is 10.7. The van der Waals surface area contributed by atoms with Crippen LogP contribution in [0.1, 0.15) is 35.7 Å². The SMILES string of the molecule is CCOC(=O)C1CCN(C(=O)CNc2cccc(C(=O)NCc3ccccc3)c2)CC1. The number of esters is 1. The smallest absolute Gasteiger partial charge is 0.309 e. The quantitative estimate of drug-likeness (QED) is 0.638. The van der Waals surface area contributed by atoms with Crippen molar-refractivity contribution in [3.05, 3.63) is 65.7 Å². The summed E-state index contributed by atoms with van der Waals surface area (Å²) in [4.78, 5) is 38.5. The van der Waals surface area contributed by atoms with E-state index in [0.717, 1.165) is 5.56 Å². The number of hydrogen-bond acceptors (Lipinski definition) is 5. The number of carbonyl (C=O) groups excluding carboxylic acids is 3. The van der Waals surface area contributed by atoms with Gasteiger partial charge in [0.1, 0.15) is 0 Å². The summed E-state index contributed by atoms with van der Waals surface area (Å²) in [6.45, 7) is 3.87. The molecule has 1 aliphatic rings. The Bertz CT molecular complexity index is 893. The molecule has 164 valence electrons. The largest absolute Gasteiger partial charge is 0.466 e. The van der Waals surface area contributed by atoms with Crippen molar-refractivity contribution >= 4 is 23.5 Å². The Balaban J connectivity index is 1.46. The summed E-state index contributed by atoms with van der Waals surface area (Å²) in [6, 6.07) is 16.8. The zero-order chi connectivity index (χ0) is 22.1. The molecule has 0 radical (unpaired) electrons. The minimum Gasteiger partial charge on any atom is -0.466 e. The van der Waals surface area contributed by atoms with Crippen LogP contribution in [0.4, 0.5) is 5.69 Å². The Kier molecular flexibility index (Phi) is 8.04. The third-order valence-electron chi connectivity index (χ3n) is 5.33. The zero-order valence-electron chi connectivity index (χ0n) is 17.8. The Morgan fingerprint density at radius 2 is 1.77 bits per heavy atom. The lowest BCUT2D eigenvalue weighted by Crippen LogP contribution is -2.43. The Morgan fingerprint density at radius 1 is 1.03 bits per heavy atom. The van der Waals surface area contributed by atoms with E-state index in [2.05, 4.69) is 10.6 Å². The van der Waals surface area contributed by atoms with Gasteiger partial charge in [-0.2, -0.15) is 0 Å². The predicted molar refractivity (Wildman–Crippen MR) is 118 cm³/mol. The number of ether oxygens (including phenoxy) is 1. The number of nitrogens with zero attached hydrogens (tertiary/aromatic N) is 1. The van der Waals surface area contributed by atoms with E-state index in [0.29, 0.717) is 50.3 Å². The molecule has 0 spiro atoms. The van der Waals surface area contributed by atoms with Crippen molar-refractivity contribution in [3.63, 3.8) is 0 Å². The fraction of sp³-hybridized carbons (Fsp3) is 0.375. The Hall–Kier alpha value is -3.35. The van der Waals surface area contributed by atoms with Crippen molar-refractivity contribution < 1.29 is 19.1 Å². The van der Waals surface area contributed by atoms with E-state index in [-0.39, 0.29) is 30.2 Å². The van der Waals surface area contributed by atoms with Crippen LogP contribution in [0.15, 0.2) is 54.6 Å². The molecule has 7 nitrogen and oxygen atoms in total. The molecule has 0 saturated carbocycles. The minimum atomic E-state index is -0.171. The van der Waals surface area contributed by atoms with E-state index in [1.54, 1.807) is 30.0 Å². The number of nitrogens with one attached hydrogen (secondary N) is 2. The molecule has 31 heavy (non-hydrogen) atoms. The second-order valence-electron chi connectivity index (χ2n) is 7.51. The number of amides is 2. The molecular weight excluding hydrogens is 394 g/mol. The topological polar surface area (TPSA) is 87.7 Å². The molecule has 2 aromatic rings. The maximum Gasteiger partial charge on any atom is 0.309 e. The standard InChI is InChI=1S/C24H29N3O4/c1-2-31-24(30)19-11-13-27(14-12-19)22(28)17-25-21-10-6-9-20(15-21)23(29)26-16-18-7-4-3-5-8-18/h3-10,15,19,25H,2,11-14,16-17H2,1H3,(H,26,29). The summed E-state index contributed by atoms with van der Waals surface area (Å²) in [6.07, 6.45) is 1.25. The third-order valence-corrected chi connectivity index (χ3v) is 5.33. The highest BCUT2D eigenvalue weighted by atomic mass is 16.5. The lowest BCUT2D eigenvalue weighted by atomic mass is 9.97. The van der Waals surface area contributed by atoms with Crippen LogP contribution in [0, 0.1) is 5.92 Å². The van der Waals surface area contributed by atoms with Gasteiger partial charge < -0.3 is 20.3 Å². The van der Waals surface area contributed by atoms with Crippen molar-refractivity contribution in [2.45, 2.75) is 26.3 Å². The van der Waals surface area contributed by atoms with Crippen LogP contribution in [0.5, 0.6) is 0 Å². The molecule has 7 heteroatoms. The van der Waals surface area contributed by atoms with Crippen LogP contribution in [-0.2, 0) is 20.9 Å². The van der Waals surface area contributed by atoms with Gasteiger partial charge >= 0.3 is 5.97 Å². The van der Waals surface area contributed by atoms with E-state index < -0.39 is 0 Å². The maximum absolute atomic E-state index is 12.5. The lowest BCUT2D eigenvalue weighted by Gasteiger charge is -2.31. The molecule has 1 heterocycles. The second kappa shape index (κ2) is 11.2. The van der Waals surface area contributed by atoms with Crippen LogP contribution in [0.3, 0.4) is 0 Å². The number of likely N-dealkylation sites (tertiary alicyclic amines) is 1. The van der Waals surface area contributed by atoms with E-state index in [9.17, 15) is 14.4 Å². The summed E-state index contributed by atoms with van der Waals surface area (Å²) in [5.74, 6) is -0.487. The van der Waals surface area contributed by atoms with Gasteiger partial charge in [-0.05, 0) is 43.5 Å². The van der Waals surface area contributed by atoms with Gasteiger partial charge in [0.15, 0.2) is 0 Å². The van der Waals surface area contributed by atoms with Gasteiger partial charge in [0.25, 0.3) is 5.91 Å². The summed E-state index contributed by atoms with van der Waals surface area (Å²) < 4.78 is 5.07. The Labute approximate surface area is 182 Å². The average Bonchev–Trinajstić information content (AvgIpc) is 2.82. The Morgan fingerprint density at radius 3 is 2.48 bits per heavy atom. The number of hydrogen-bond donors (Lipinski definition) is 2. The average molecular weight is 424 g/mol. The fourth-order valence-electron chi connectivity index (χ4n) is 3.56. The molecule has 1 aliphatic heterocycles. The van der Waals surface area contributed by atoms with E-state index in [1.165, 1.54) is 0 Å². The van der Waals surface area contributed by atoms with Gasteiger partial charge in [-0.3, -0.25) is 14.4 Å². The number of benzene rings is 2. The molecule has 1 saturated heterocycles. The second-order valence-corrected chi connectivity index (χ2v) is 7.51. The molecule has 2 aromatic carbocycles. The molecule has 3 rings (SSSR count). The van der Waals surface area contributed by atoms with Crippen molar-refractivity contribution in [2.24, 2.45) is 5.92 Å². The van der Waals surface area contributed by atoms with Gasteiger partial charge in [0.05, 0.1) is 19.1 Å². The monoisotopic (exact) mass is 423 g/mol. The van der Waals surface area contributed by atoms with Gasteiger partial charge in [-0.25, -0.2) is 0 Å². The van der Waals surface area contributed by atoms with Gasteiger partial charge in [0.2, 0.25) is 5.91 Å². The summed E-state index contributed by atoms with van der Waals surface area (Å²) in [5, 5.41) is 6.00. The fourth-order valence-corrected chi connectivity index (χ4v) is 3.56. The first-order chi connectivity index (χ1) is 15.1. The zero-order valence-corrected chi connectivity index (χ0v) is 17.8. The van der Waals surface area contributed by atoms with Crippen LogP contribution < -0.4 is 10.6 Å². The van der Waals surface area contributed by atoms with Gasteiger partial charge in [-0.15, -0.1) is 0 Å². The number of rotatable bonds is 8. The van der Waals surface area contributed by atoms with Crippen molar-refractivity contribution in [3.8, 4) is 0 Å². The van der Waals surface area contributed by atoms with E-state index in [1.807, 2.05) is 36.4 Å². The lowest BCUT2D eigenvalue weighted by molar-refractivity contribution is -0.151. The molecule has 2 amide bonds. The van der Waals surface area contributed by atoms with Crippen molar-refractivity contribution in [1.29, 1.82) is 0 Å². The number of carbonyl (C=O) groups is 3. The third kappa shape index (κ3) is 6.57. The molecule has 0 atom stereocenters. The first kappa shape index (κ1) is 22.3. The number of piperidine rings is 1. The highest BCUT2D eigenvalue weighted by Crippen LogP contribution is 2.19. The van der Waals surface area contributed by atoms with Crippen LogP contribution in [0.2, 0.25) is 0 Å². The van der Waals surface area contributed by atoms with Gasteiger partial charge in [-0.1, -0.05) is 36.4 Å². The summed E-state index contributed by atoms with van der Waals surface area (Å²) in [7, 11) is 0. The molecule has 0 aromatic heterocycles. The van der Waals surface area contributed by atoms with E-state index in [4.69, 9.17) is 4.74 Å². The minimum absolute atomic E-state index is 0.0266. The molecular formula is C24H29N3O4. The first-order valence-electron chi connectivity index (χ1n) is 10.7.